The van der Waals surface area contributed by atoms with Crippen molar-refractivity contribution < 1.29 is 14.3 Å². The SMILES string of the molecule is COc1ccc(CC(C(=O)N/N=C/c2ccccc2)c2ccccc2)cc1OC. The molecule has 1 unspecified atom stereocenters. The molecule has 3 rings (SSSR count). The lowest BCUT2D eigenvalue weighted by Gasteiger charge is -2.17. The smallest absolute Gasteiger partial charge is 0.247 e. The summed E-state index contributed by atoms with van der Waals surface area (Å²) in [7, 11) is 3.20. The minimum absolute atomic E-state index is 0.168. The Morgan fingerprint density at radius 3 is 2.24 bits per heavy atom. The Morgan fingerprint density at radius 1 is 0.931 bits per heavy atom. The van der Waals surface area contributed by atoms with Crippen molar-refractivity contribution in [3.05, 3.63) is 95.6 Å². The first kappa shape index (κ1) is 20.1. The Labute approximate surface area is 171 Å². The topological polar surface area (TPSA) is 59.9 Å². The summed E-state index contributed by atoms with van der Waals surface area (Å²) in [5.41, 5.74) is 5.49. The fraction of sp³-hybridized carbons (Fsp3) is 0.167. The molecule has 0 radical (unpaired) electrons. The van der Waals surface area contributed by atoms with Crippen molar-refractivity contribution in [1.82, 2.24) is 5.43 Å². The van der Waals surface area contributed by atoms with Gasteiger partial charge in [-0.2, -0.15) is 5.10 Å². The van der Waals surface area contributed by atoms with Crippen molar-refractivity contribution in [2.75, 3.05) is 14.2 Å². The van der Waals surface area contributed by atoms with Crippen LogP contribution in [-0.2, 0) is 11.2 Å². The first-order valence-corrected chi connectivity index (χ1v) is 9.35. The molecule has 0 aromatic heterocycles. The number of ether oxygens (including phenoxy) is 2. The van der Waals surface area contributed by atoms with Gasteiger partial charge in [-0.05, 0) is 35.2 Å². The van der Waals surface area contributed by atoms with E-state index in [9.17, 15) is 4.79 Å². The molecular weight excluding hydrogens is 364 g/mol. The molecule has 0 saturated heterocycles. The molecule has 3 aromatic rings. The number of hydrogen-bond donors (Lipinski definition) is 1. The molecule has 0 aliphatic carbocycles. The van der Waals surface area contributed by atoms with Crippen LogP contribution in [0.1, 0.15) is 22.6 Å². The quantitative estimate of drug-likeness (QED) is 0.465. The monoisotopic (exact) mass is 388 g/mol. The summed E-state index contributed by atoms with van der Waals surface area (Å²) in [5.74, 6) is 0.740. The third kappa shape index (κ3) is 5.45. The third-order valence-corrected chi connectivity index (χ3v) is 4.59. The van der Waals surface area contributed by atoms with Crippen molar-refractivity contribution in [2.24, 2.45) is 5.10 Å². The van der Waals surface area contributed by atoms with E-state index in [-0.39, 0.29) is 11.8 Å². The maximum atomic E-state index is 12.9. The van der Waals surface area contributed by atoms with E-state index in [1.165, 1.54) is 0 Å². The van der Waals surface area contributed by atoms with Crippen LogP contribution in [0, 0.1) is 0 Å². The maximum absolute atomic E-state index is 12.9. The van der Waals surface area contributed by atoms with Crippen molar-refractivity contribution in [3.63, 3.8) is 0 Å². The summed E-state index contributed by atoms with van der Waals surface area (Å²) in [6.07, 6.45) is 2.15. The van der Waals surface area contributed by atoms with Crippen LogP contribution in [-0.4, -0.2) is 26.3 Å². The summed E-state index contributed by atoms with van der Waals surface area (Å²) in [5, 5.41) is 4.12. The van der Waals surface area contributed by atoms with Crippen LogP contribution in [0.4, 0.5) is 0 Å². The molecule has 0 spiro atoms. The molecule has 0 aliphatic heterocycles. The van der Waals surface area contributed by atoms with E-state index in [1.54, 1.807) is 20.4 Å². The fourth-order valence-electron chi connectivity index (χ4n) is 3.08. The van der Waals surface area contributed by atoms with Crippen molar-refractivity contribution in [2.45, 2.75) is 12.3 Å². The van der Waals surface area contributed by atoms with Gasteiger partial charge >= 0.3 is 0 Å². The van der Waals surface area contributed by atoms with E-state index in [0.717, 1.165) is 16.7 Å². The zero-order valence-corrected chi connectivity index (χ0v) is 16.5. The number of nitrogens with one attached hydrogen (secondary N) is 1. The average Bonchev–Trinajstić information content (AvgIpc) is 2.78. The van der Waals surface area contributed by atoms with Gasteiger partial charge in [0.25, 0.3) is 0 Å². The second kappa shape index (κ2) is 10.1. The highest BCUT2D eigenvalue weighted by molar-refractivity contribution is 5.86. The molecule has 148 valence electrons. The van der Waals surface area contributed by atoms with Gasteiger partial charge in [0.15, 0.2) is 11.5 Å². The molecule has 0 fully saturated rings. The first-order chi connectivity index (χ1) is 14.2. The predicted octanol–water partition coefficient (Wildman–Crippen LogP) is 4.18. The fourth-order valence-corrected chi connectivity index (χ4v) is 3.08. The first-order valence-electron chi connectivity index (χ1n) is 9.35. The Morgan fingerprint density at radius 2 is 1.59 bits per heavy atom. The molecule has 0 heterocycles. The van der Waals surface area contributed by atoms with E-state index in [4.69, 9.17) is 9.47 Å². The standard InChI is InChI=1S/C24H24N2O3/c1-28-22-14-13-19(16-23(22)29-2)15-21(20-11-7-4-8-12-20)24(27)26-25-17-18-9-5-3-6-10-18/h3-14,16-17,21H,15H2,1-2H3,(H,26,27)/b25-17+. The molecule has 1 N–H and O–H groups in total. The molecular formula is C24H24N2O3. The highest BCUT2D eigenvalue weighted by atomic mass is 16.5. The lowest BCUT2D eigenvalue weighted by atomic mass is 9.91. The van der Waals surface area contributed by atoms with Gasteiger partial charge in [0.05, 0.1) is 26.4 Å². The zero-order chi connectivity index (χ0) is 20.5. The van der Waals surface area contributed by atoms with Gasteiger partial charge in [0.1, 0.15) is 0 Å². The van der Waals surface area contributed by atoms with Crippen LogP contribution >= 0.6 is 0 Å². The van der Waals surface area contributed by atoms with Gasteiger partial charge in [-0.25, -0.2) is 5.43 Å². The molecule has 3 aromatic carbocycles. The van der Waals surface area contributed by atoms with Gasteiger partial charge in [0.2, 0.25) is 5.91 Å². The second-order valence-corrected chi connectivity index (χ2v) is 6.50. The summed E-state index contributed by atoms with van der Waals surface area (Å²) < 4.78 is 10.7. The van der Waals surface area contributed by atoms with E-state index < -0.39 is 0 Å². The summed E-state index contributed by atoms with van der Waals surface area (Å²) in [4.78, 5) is 12.9. The molecule has 1 amide bonds. The highest BCUT2D eigenvalue weighted by Crippen LogP contribution is 2.30. The third-order valence-electron chi connectivity index (χ3n) is 4.59. The van der Waals surface area contributed by atoms with Crippen LogP contribution in [0.3, 0.4) is 0 Å². The number of hydrogen-bond acceptors (Lipinski definition) is 4. The van der Waals surface area contributed by atoms with Gasteiger partial charge in [-0.1, -0.05) is 66.7 Å². The van der Waals surface area contributed by atoms with Gasteiger partial charge < -0.3 is 9.47 Å². The number of benzene rings is 3. The molecule has 5 heteroatoms. The molecule has 0 saturated carbocycles. The van der Waals surface area contributed by atoms with Crippen LogP contribution in [0.5, 0.6) is 11.5 Å². The van der Waals surface area contributed by atoms with Crippen LogP contribution < -0.4 is 14.9 Å². The highest BCUT2D eigenvalue weighted by Gasteiger charge is 2.21. The number of amides is 1. The normalized spacial score (nSPS) is 11.8. The Bertz CT molecular complexity index is 956. The predicted molar refractivity (Wildman–Crippen MR) is 115 cm³/mol. The van der Waals surface area contributed by atoms with E-state index in [1.807, 2.05) is 78.9 Å². The summed E-state index contributed by atoms with van der Waals surface area (Å²) >= 11 is 0. The van der Waals surface area contributed by atoms with Crippen molar-refractivity contribution >= 4 is 12.1 Å². The molecule has 29 heavy (non-hydrogen) atoms. The van der Waals surface area contributed by atoms with Crippen LogP contribution in [0.25, 0.3) is 0 Å². The molecule has 5 nitrogen and oxygen atoms in total. The largest absolute Gasteiger partial charge is 0.493 e. The van der Waals surface area contributed by atoms with Crippen molar-refractivity contribution in [3.8, 4) is 11.5 Å². The minimum atomic E-state index is -0.387. The van der Waals surface area contributed by atoms with E-state index in [0.29, 0.717) is 17.9 Å². The maximum Gasteiger partial charge on any atom is 0.247 e. The zero-order valence-electron chi connectivity index (χ0n) is 16.5. The lowest BCUT2D eigenvalue weighted by molar-refractivity contribution is -0.122. The number of nitrogens with zero attached hydrogens (tertiary/aromatic N) is 1. The number of rotatable bonds is 8. The van der Waals surface area contributed by atoms with E-state index >= 15 is 0 Å². The number of carbonyl (C=O) groups is 1. The molecule has 1 atom stereocenters. The van der Waals surface area contributed by atoms with Crippen LogP contribution in [0.2, 0.25) is 0 Å². The summed E-state index contributed by atoms with van der Waals surface area (Å²) in [6.45, 7) is 0. The summed E-state index contributed by atoms with van der Waals surface area (Å²) in [6, 6.07) is 25.0. The Kier molecular flexibility index (Phi) is 7.00. The van der Waals surface area contributed by atoms with Gasteiger partial charge in [0, 0.05) is 0 Å². The number of carbonyl (C=O) groups excluding carboxylic acids is 1. The van der Waals surface area contributed by atoms with E-state index in [2.05, 4.69) is 10.5 Å². The lowest BCUT2D eigenvalue weighted by Crippen LogP contribution is -2.27. The number of hydrazone groups is 1. The van der Waals surface area contributed by atoms with Crippen molar-refractivity contribution in [1.29, 1.82) is 0 Å². The molecule has 0 bridgehead atoms. The average molecular weight is 388 g/mol. The second-order valence-electron chi connectivity index (χ2n) is 6.50. The Hall–Kier alpha value is -3.60. The van der Waals surface area contributed by atoms with Crippen LogP contribution in [0.15, 0.2) is 84.0 Å². The Balaban J connectivity index is 1.80. The molecule has 0 aliphatic rings. The number of methoxy groups -OCH3 is 2. The minimum Gasteiger partial charge on any atom is -0.493 e. The van der Waals surface area contributed by atoms with Gasteiger partial charge in [-0.15, -0.1) is 0 Å². The van der Waals surface area contributed by atoms with Gasteiger partial charge in [-0.3, -0.25) is 4.79 Å².